The van der Waals surface area contributed by atoms with Crippen LogP contribution in [0.3, 0.4) is 0 Å². The second kappa shape index (κ2) is 7.03. The van der Waals surface area contributed by atoms with Gasteiger partial charge < -0.3 is 14.5 Å². The number of pyridine rings is 1. The number of hydrogen-bond donors (Lipinski definition) is 2. The SMILES string of the molecule is COc1cccc2cc(C(=O)NCCn3c(=O)[nH]c4ncccc4c3=O)oc12. The van der Waals surface area contributed by atoms with E-state index >= 15 is 0 Å². The Morgan fingerprint density at radius 2 is 2.14 bits per heavy atom. The van der Waals surface area contributed by atoms with Crippen LogP contribution in [0.15, 0.2) is 56.6 Å². The highest BCUT2D eigenvalue weighted by molar-refractivity contribution is 5.97. The topological polar surface area (TPSA) is 119 Å². The molecule has 0 bridgehead atoms. The minimum atomic E-state index is -0.584. The number of benzene rings is 1. The number of H-pyrrole nitrogens is 1. The fourth-order valence-electron chi connectivity index (χ4n) is 2.96. The van der Waals surface area contributed by atoms with E-state index < -0.39 is 17.2 Å². The van der Waals surface area contributed by atoms with Crippen LogP contribution in [0, 0.1) is 0 Å². The molecule has 142 valence electrons. The average Bonchev–Trinajstić information content (AvgIpc) is 3.15. The van der Waals surface area contributed by atoms with Gasteiger partial charge in [0.15, 0.2) is 17.1 Å². The van der Waals surface area contributed by atoms with E-state index in [1.54, 1.807) is 36.4 Å². The van der Waals surface area contributed by atoms with Crippen molar-refractivity contribution in [3.63, 3.8) is 0 Å². The van der Waals surface area contributed by atoms with Gasteiger partial charge in [-0.05, 0) is 24.3 Å². The molecule has 1 amide bonds. The first-order valence-electron chi connectivity index (χ1n) is 8.51. The van der Waals surface area contributed by atoms with Crippen LogP contribution in [-0.2, 0) is 6.54 Å². The van der Waals surface area contributed by atoms with Crippen LogP contribution >= 0.6 is 0 Å². The molecule has 3 heterocycles. The minimum absolute atomic E-state index is 0.00822. The molecule has 0 spiro atoms. The van der Waals surface area contributed by atoms with Crippen LogP contribution in [0.2, 0.25) is 0 Å². The van der Waals surface area contributed by atoms with E-state index in [0.717, 1.165) is 9.95 Å². The van der Waals surface area contributed by atoms with Crippen LogP contribution in [0.1, 0.15) is 10.6 Å². The molecule has 28 heavy (non-hydrogen) atoms. The van der Waals surface area contributed by atoms with Crippen molar-refractivity contribution in [2.24, 2.45) is 0 Å². The molecule has 0 unspecified atom stereocenters. The number of methoxy groups -OCH3 is 1. The Balaban J connectivity index is 1.51. The summed E-state index contributed by atoms with van der Waals surface area (Å²) in [4.78, 5) is 43.4. The van der Waals surface area contributed by atoms with Gasteiger partial charge in [0.2, 0.25) is 0 Å². The maximum atomic E-state index is 12.4. The van der Waals surface area contributed by atoms with E-state index in [9.17, 15) is 14.4 Å². The monoisotopic (exact) mass is 380 g/mol. The molecule has 9 nitrogen and oxygen atoms in total. The highest BCUT2D eigenvalue weighted by Gasteiger charge is 2.15. The zero-order valence-corrected chi connectivity index (χ0v) is 14.9. The third-order valence-electron chi connectivity index (χ3n) is 4.33. The number of nitrogens with zero attached hydrogens (tertiary/aromatic N) is 2. The number of hydrogen-bond acceptors (Lipinski definition) is 6. The number of nitrogens with one attached hydrogen (secondary N) is 2. The summed E-state index contributed by atoms with van der Waals surface area (Å²) < 4.78 is 11.8. The molecule has 1 aromatic carbocycles. The second-order valence-electron chi connectivity index (χ2n) is 6.03. The van der Waals surface area contributed by atoms with Gasteiger partial charge in [-0.2, -0.15) is 0 Å². The van der Waals surface area contributed by atoms with Crippen LogP contribution in [0.4, 0.5) is 0 Å². The maximum absolute atomic E-state index is 12.4. The number of furan rings is 1. The summed E-state index contributed by atoms with van der Waals surface area (Å²) in [6.07, 6.45) is 1.49. The zero-order valence-electron chi connectivity index (χ0n) is 14.9. The van der Waals surface area contributed by atoms with Crippen molar-refractivity contribution in [3.05, 3.63) is 69.2 Å². The molecular formula is C19H16N4O5. The van der Waals surface area contributed by atoms with Gasteiger partial charge in [0.05, 0.1) is 12.5 Å². The summed E-state index contributed by atoms with van der Waals surface area (Å²) in [5.41, 5.74) is -0.340. The zero-order chi connectivity index (χ0) is 19.7. The summed E-state index contributed by atoms with van der Waals surface area (Å²) in [6.45, 7) is 0.0794. The first kappa shape index (κ1) is 17.5. The number of carbonyl (C=O) groups excluding carboxylic acids is 1. The molecule has 9 heteroatoms. The van der Waals surface area contributed by atoms with Crippen molar-refractivity contribution < 1.29 is 13.9 Å². The summed E-state index contributed by atoms with van der Waals surface area (Å²) in [7, 11) is 1.52. The Morgan fingerprint density at radius 3 is 2.96 bits per heavy atom. The highest BCUT2D eigenvalue weighted by atomic mass is 16.5. The van der Waals surface area contributed by atoms with Gasteiger partial charge in [-0.25, -0.2) is 9.78 Å². The third-order valence-corrected chi connectivity index (χ3v) is 4.33. The van der Waals surface area contributed by atoms with Gasteiger partial charge in [-0.3, -0.25) is 19.1 Å². The molecule has 0 saturated carbocycles. The lowest BCUT2D eigenvalue weighted by molar-refractivity contribution is 0.0926. The fourth-order valence-corrected chi connectivity index (χ4v) is 2.96. The quantitative estimate of drug-likeness (QED) is 0.538. The number of amides is 1. The van der Waals surface area contributed by atoms with E-state index in [1.807, 2.05) is 0 Å². The standard InChI is InChI=1S/C19H16N4O5/c1-27-13-6-2-4-11-10-14(28-15(11)13)17(24)21-8-9-23-18(25)12-5-3-7-20-16(12)22-19(23)26/h2-7,10H,8-9H2,1H3,(H,21,24)(H,20,22,26). The Hall–Kier alpha value is -3.88. The van der Waals surface area contributed by atoms with Crippen molar-refractivity contribution in [2.75, 3.05) is 13.7 Å². The van der Waals surface area contributed by atoms with Gasteiger partial charge in [-0.1, -0.05) is 12.1 Å². The molecule has 0 saturated heterocycles. The van der Waals surface area contributed by atoms with Crippen molar-refractivity contribution in [3.8, 4) is 5.75 Å². The molecule has 0 aliphatic carbocycles. The van der Waals surface area contributed by atoms with Crippen LogP contribution in [-0.4, -0.2) is 34.1 Å². The predicted octanol–water partition coefficient (Wildman–Crippen LogP) is 1.27. The molecule has 0 fully saturated rings. The summed E-state index contributed by atoms with van der Waals surface area (Å²) >= 11 is 0. The lowest BCUT2D eigenvalue weighted by Gasteiger charge is -2.06. The lowest BCUT2D eigenvalue weighted by Crippen LogP contribution is -2.39. The molecule has 3 aromatic heterocycles. The van der Waals surface area contributed by atoms with E-state index in [0.29, 0.717) is 16.7 Å². The first-order valence-corrected chi connectivity index (χ1v) is 8.51. The smallest absolute Gasteiger partial charge is 0.330 e. The van der Waals surface area contributed by atoms with Gasteiger partial charge in [-0.15, -0.1) is 0 Å². The number of para-hydroxylation sites is 1. The highest BCUT2D eigenvalue weighted by Crippen LogP contribution is 2.28. The van der Waals surface area contributed by atoms with E-state index in [4.69, 9.17) is 9.15 Å². The number of ether oxygens (including phenoxy) is 1. The van der Waals surface area contributed by atoms with E-state index in [2.05, 4.69) is 15.3 Å². The lowest BCUT2D eigenvalue weighted by atomic mass is 10.2. The first-order chi connectivity index (χ1) is 13.6. The van der Waals surface area contributed by atoms with E-state index in [1.165, 1.54) is 13.3 Å². The number of aromatic nitrogens is 3. The maximum Gasteiger partial charge on any atom is 0.330 e. The molecule has 0 aliphatic heterocycles. The molecule has 4 rings (SSSR count). The van der Waals surface area contributed by atoms with Gasteiger partial charge in [0.1, 0.15) is 5.65 Å². The van der Waals surface area contributed by atoms with E-state index in [-0.39, 0.29) is 24.5 Å². The van der Waals surface area contributed by atoms with Crippen molar-refractivity contribution in [2.45, 2.75) is 6.54 Å². The second-order valence-corrected chi connectivity index (χ2v) is 6.03. The van der Waals surface area contributed by atoms with Crippen molar-refractivity contribution >= 4 is 27.9 Å². The summed E-state index contributed by atoms with van der Waals surface area (Å²) in [5.74, 6) is 0.188. The molecule has 4 aromatic rings. The number of fused-ring (bicyclic) bond motifs is 2. The van der Waals surface area contributed by atoms with Crippen LogP contribution < -0.4 is 21.3 Å². The number of carbonyl (C=O) groups is 1. The van der Waals surface area contributed by atoms with Gasteiger partial charge in [0, 0.05) is 24.7 Å². The Kier molecular flexibility index (Phi) is 4.40. The predicted molar refractivity (Wildman–Crippen MR) is 102 cm³/mol. The number of aromatic amines is 1. The van der Waals surface area contributed by atoms with Crippen LogP contribution in [0.25, 0.3) is 22.0 Å². The fraction of sp³-hybridized carbons (Fsp3) is 0.158. The molecule has 2 N–H and O–H groups in total. The Morgan fingerprint density at radius 1 is 1.29 bits per heavy atom. The average molecular weight is 380 g/mol. The van der Waals surface area contributed by atoms with Crippen molar-refractivity contribution in [1.29, 1.82) is 0 Å². The summed E-state index contributed by atoms with van der Waals surface area (Å²) in [5, 5.41) is 3.69. The Bertz CT molecular complexity index is 1300. The molecule has 0 atom stereocenters. The molecule has 0 aliphatic rings. The third kappa shape index (κ3) is 3.02. The van der Waals surface area contributed by atoms with Gasteiger partial charge >= 0.3 is 5.69 Å². The summed E-state index contributed by atoms with van der Waals surface area (Å²) in [6, 6.07) is 10.1. The van der Waals surface area contributed by atoms with Crippen molar-refractivity contribution in [1.82, 2.24) is 19.9 Å². The number of rotatable bonds is 5. The Labute approximate surface area is 157 Å². The van der Waals surface area contributed by atoms with Crippen LogP contribution in [0.5, 0.6) is 5.75 Å². The normalized spacial score (nSPS) is 11.0. The largest absolute Gasteiger partial charge is 0.493 e. The molecular weight excluding hydrogens is 364 g/mol. The minimum Gasteiger partial charge on any atom is -0.493 e. The molecule has 0 radical (unpaired) electrons. The van der Waals surface area contributed by atoms with Gasteiger partial charge in [0.25, 0.3) is 11.5 Å².